The van der Waals surface area contributed by atoms with Crippen molar-refractivity contribution < 1.29 is 22.8 Å². The number of nitrogens with one attached hydrogen (secondary N) is 1. The normalized spacial score (nSPS) is 13.7. The molecule has 10 heteroatoms. The third kappa shape index (κ3) is 4.46. The summed E-state index contributed by atoms with van der Waals surface area (Å²) in [6.07, 6.45) is 0. The molecule has 7 nitrogen and oxygen atoms in total. The Morgan fingerprint density at radius 3 is 2.21 bits per heavy atom. The number of halogens is 2. The van der Waals surface area contributed by atoms with Gasteiger partial charge in [-0.2, -0.15) is 13.2 Å². The number of anilines is 1. The van der Waals surface area contributed by atoms with Crippen molar-refractivity contribution in [1.29, 1.82) is 0 Å². The summed E-state index contributed by atoms with van der Waals surface area (Å²) in [5, 5.41) is 2.44. The van der Waals surface area contributed by atoms with Gasteiger partial charge in [-0.3, -0.25) is 9.59 Å². The molecule has 0 atom stereocenters. The SMILES string of the molecule is O=S(=O)(Cl)Cl.[N-]=[N+]=C1C(=O)Nc2ccccc2C1=O. The van der Waals surface area contributed by atoms with Gasteiger partial charge < -0.3 is 10.8 Å². The summed E-state index contributed by atoms with van der Waals surface area (Å²) >= 11 is 0. The molecule has 0 radical (unpaired) electrons. The highest BCUT2D eigenvalue weighted by atomic mass is 36.0. The number of amides is 1. The number of rotatable bonds is 0. The monoisotopic (exact) mass is 321 g/mol. The number of nitrogens with zero attached hydrogens (tertiary/aromatic N) is 2. The average Bonchev–Trinajstić information content (AvgIpc) is 2.27. The largest absolute Gasteiger partial charge is 0.426 e. The predicted molar refractivity (Wildman–Crippen MR) is 68.7 cm³/mol. The van der Waals surface area contributed by atoms with Crippen LogP contribution in [-0.2, 0) is 13.1 Å². The molecule has 0 spiro atoms. The lowest BCUT2D eigenvalue weighted by Gasteiger charge is -2.11. The lowest BCUT2D eigenvalue weighted by molar-refractivity contribution is -0.114. The molecule has 0 fully saturated rings. The lowest BCUT2D eigenvalue weighted by atomic mass is 10.0. The van der Waals surface area contributed by atoms with E-state index in [-0.39, 0.29) is 0 Å². The Labute approximate surface area is 116 Å². The van der Waals surface area contributed by atoms with Gasteiger partial charge >= 0.3 is 19.9 Å². The molecule has 1 aromatic rings. The van der Waals surface area contributed by atoms with Crippen molar-refractivity contribution in [3.05, 3.63) is 35.4 Å². The van der Waals surface area contributed by atoms with E-state index in [1.165, 1.54) is 0 Å². The van der Waals surface area contributed by atoms with Crippen LogP contribution in [0.2, 0.25) is 0 Å². The van der Waals surface area contributed by atoms with E-state index in [0.29, 0.717) is 11.3 Å². The summed E-state index contributed by atoms with van der Waals surface area (Å²) in [6, 6.07) is 6.54. The van der Waals surface area contributed by atoms with Crippen molar-refractivity contribution in [2.45, 2.75) is 0 Å². The molecule has 1 heterocycles. The zero-order valence-corrected chi connectivity index (χ0v) is 11.3. The topological polar surface area (TPSA) is 117 Å². The fraction of sp³-hybridized carbons (Fsp3) is 0. The Balaban J connectivity index is 0.000000312. The average molecular weight is 322 g/mol. The van der Waals surface area contributed by atoms with Crippen LogP contribution < -0.4 is 5.32 Å². The van der Waals surface area contributed by atoms with E-state index in [9.17, 15) is 9.59 Å². The third-order valence-electron chi connectivity index (χ3n) is 1.95. The third-order valence-corrected chi connectivity index (χ3v) is 1.95. The van der Waals surface area contributed by atoms with Crippen molar-refractivity contribution in [3.8, 4) is 0 Å². The number of fused-ring (bicyclic) bond motifs is 1. The second-order valence-electron chi connectivity index (χ2n) is 3.16. The molecule has 19 heavy (non-hydrogen) atoms. The van der Waals surface area contributed by atoms with Crippen molar-refractivity contribution in [2.75, 3.05) is 5.32 Å². The fourth-order valence-corrected chi connectivity index (χ4v) is 1.29. The van der Waals surface area contributed by atoms with Gasteiger partial charge in [0, 0.05) is 21.4 Å². The molecular weight excluding hydrogens is 317 g/mol. The molecule has 1 amide bonds. The minimum atomic E-state index is -3.72. The number of carbonyl (C=O) groups excluding carboxylic acids is 2. The highest BCUT2D eigenvalue weighted by Crippen LogP contribution is 2.19. The van der Waals surface area contributed by atoms with Crippen molar-refractivity contribution in [2.24, 2.45) is 0 Å². The Morgan fingerprint density at radius 2 is 1.68 bits per heavy atom. The summed E-state index contributed by atoms with van der Waals surface area (Å²) < 4.78 is 18.3. The maximum absolute atomic E-state index is 11.5. The number of benzene rings is 1. The molecule has 1 aliphatic heterocycles. The fourth-order valence-electron chi connectivity index (χ4n) is 1.29. The van der Waals surface area contributed by atoms with Crippen molar-refractivity contribution >= 4 is 52.7 Å². The van der Waals surface area contributed by atoms with Crippen LogP contribution in [-0.4, -0.2) is 30.6 Å². The maximum atomic E-state index is 11.5. The van der Waals surface area contributed by atoms with Crippen molar-refractivity contribution in [3.63, 3.8) is 0 Å². The van der Waals surface area contributed by atoms with Crippen LogP contribution in [0.25, 0.3) is 5.53 Å². The van der Waals surface area contributed by atoms with E-state index in [0.717, 1.165) is 0 Å². The molecular formula is C9H5Cl2N3O4S. The molecule has 0 saturated carbocycles. The molecule has 2 rings (SSSR count). The summed E-state index contributed by atoms with van der Waals surface area (Å²) in [4.78, 5) is 25.3. The first-order valence-corrected chi connectivity index (χ1v) is 7.69. The molecule has 0 unspecified atom stereocenters. The number of para-hydroxylation sites is 1. The van der Waals surface area contributed by atoms with E-state index in [4.69, 9.17) is 13.9 Å². The van der Waals surface area contributed by atoms with Gasteiger partial charge in [0.05, 0.1) is 11.3 Å². The van der Waals surface area contributed by atoms with Crippen LogP contribution in [0.5, 0.6) is 0 Å². The Kier molecular flexibility index (Phi) is 4.79. The van der Waals surface area contributed by atoms with Gasteiger partial charge in [-0.25, -0.2) is 0 Å². The second kappa shape index (κ2) is 5.94. The zero-order chi connectivity index (χ0) is 14.6. The molecule has 0 bridgehead atoms. The smallest absolute Gasteiger partial charge is 0.360 e. The number of Topliss-reactive ketones (excluding diaryl/α,β-unsaturated/α-hetero) is 1. The molecule has 1 aromatic carbocycles. The van der Waals surface area contributed by atoms with E-state index in [1.807, 2.05) is 0 Å². The van der Waals surface area contributed by atoms with E-state index in [2.05, 4.69) is 31.5 Å². The quantitative estimate of drug-likeness (QED) is 0.439. The van der Waals surface area contributed by atoms with Crippen molar-refractivity contribution in [1.82, 2.24) is 0 Å². The zero-order valence-electron chi connectivity index (χ0n) is 9.00. The van der Waals surface area contributed by atoms with Crippen LogP contribution in [0.1, 0.15) is 10.4 Å². The molecule has 0 saturated heterocycles. The summed E-state index contributed by atoms with van der Waals surface area (Å²) in [6.45, 7) is 0. The Morgan fingerprint density at radius 1 is 1.16 bits per heavy atom. The van der Waals surface area contributed by atoms with Gasteiger partial charge in [0.2, 0.25) is 0 Å². The minimum Gasteiger partial charge on any atom is -0.360 e. The van der Waals surface area contributed by atoms with Gasteiger partial charge in [0.1, 0.15) is 0 Å². The minimum absolute atomic E-state index is 0.333. The number of hydrogen-bond donors (Lipinski definition) is 1. The van der Waals surface area contributed by atoms with E-state index < -0.39 is 25.7 Å². The molecule has 0 aliphatic carbocycles. The molecule has 100 valence electrons. The lowest BCUT2D eigenvalue weighted by Crippen LogP contribution is -2.36. The van der Waals surface area contributed by atoms with Crippen LogP contribution in [0.3, 0.4) is 0 Å². The summed E-state index contributed by atoms with van der Waals surface area (Å²) in [7, 11) is 4.81. The number of ketones is 1. The first-order chi connectivity index (χ1) is 8.74. The predicted octanol–water partition coefficient (Wildman–Crippen LogP) is 1.20. The van der Waals surface area contributed by atoms with Gasteiger partial charge in [-0.1, -0.05) is 12.1 Å². The van der Waals surface area contributed by atoms with Gasteiger partial charge in [-0.05, 0) is 12.1 Å². The molecule has 0 aromatic heterocycles. The first-order valence-electron chi connectivity index (χ1n) is 4.55. The Bertz CT molecular complexity index is 687. The Hall–Kier alpha value is -1.73. The number of carbonyl (C=O) groups is 2. The van der Waals surface area contributed by atoms with Gasteiger partial charge in [-0.15, -0.1) is 0 Å². The molecule has 1 N–H and O–H groups in total. The first kappa shape index (κ1) is 15.3. The van der Waals surface area contributed by atoms with E-state index in [1.54, 1.807) is 24.3 Å². The summed E-state index contributed by atoms with van der Waals surface area (Å²) in [5.41, 5.74) is 8.75. The maximum Gasteiger partial charge on any atom is 0.426 e. The van der Waals surface area contributed by atoms with Crippen LogP contribution >= 0.6 is 21.4 Å². The second-order valence-corrected chi connectivity index (χ2v) is 6.82. The highest BCUT2D eigenvalue weighted by molar-refractivity contribution is 8.31. The summed E-state index contributed by atoms with van der Waals surface area (Å²) in [5.74, 6) is -1.25. The van der Waals surface area contributed by atoms with Crippen LogP contribution in [0.15, 0.2) is 24.3 Å². The van der Waals surface area contributed by atoms with Crippen LogP contribution in [0.4, 0.5) is 5.69 Å². The standard InChI is InChI=1S/C9H5N3O2.Cl2O2S/c10-12-7-8(13)5-3-1-2-4-6(5)11-9(7)14;1-5(2,3)4/h1-4H,(H,11,14);. The highest BCUT2D eigenvalue weighted by Gasteiger charge is 2.36. The van der Waals surface area contributed by atoms with Crippen LogP contribution in [0, 0.1) is 0 Å². The number of hydrogen-bond acceptors (Lipinski definition) is 4. The van der Waals surface area contributed by atoms with Gasteiger partial charge in [0.15, 0.2) is 0 Å². The van der Waals surface area contributed by atoms with E-state index >= 15 is 0 Å². The molecule has 1 aliphatic rings. The van der Waals surface area contributed by atoms with Gasteiger partial charge in [0.25, 0.3) is 5.78 Å².